The standard InChI is InChI=1S/C14H20O/c1-11-9-14(15)8-7-13(11)10-12-5-3-2-4-6-12/h7-9,12,15H,2-6,10H2,1H3. The first-order valence-corrected chi connectivity index (χ1v) is 6.04. The number of hydrogen-bond donors (Lipinski definition) is 1. The van der Waals surface area contributed by atoms with E-state index in [4.69, 9.17) is 0 Å². The van der Waals surface area contributed by atoms with Crippen LogP contribution in [0, 0.1) is 12.8 Å². The van der Waals surface area contributed by atoms with Gasteiger partial charge in [0.15, 0.2) is 0 Å². The number of aromatic hydroxyl groups is 1. The van der Waals surface area contributed by atoms with E-state index in [0.717, 1.165) is 5.92 Å². The van der Waals surface area contributed by atoms with E-state index in [2.05, 4.69) is 13.0 Å². The van der Waals surface area contributed by atoms with Crippen LogP contribution in [0.4, 0.5) is 0 Å². The first-order chi connectivity index (χ1) is 7.25. The van der Waals surface area contributed by atoms with Gasteiger partial charge < -0.3 is 5.11 Å². The molecule has 0 unspecified atom stereocenters. The van der Waals surface area contributed by atoms with Gasteiger partial charge in [-0.1, -0.05) is 38.2 Å². The molecule has 1 aliphatic rings. The third-order valence-electron chi connectivity index (χ3n) is 3.56. The largest absolute Gasteiger partial charge is 0.508 e. The first kappa shape index (κ1) is 10.5. The number of hydrogen-bond acceptors (Lipinski definition) is 1. The zero-order chi connectivity index (χ0) is 10.7. The number of rotatable bonds is 2. The van der Waals surface area contributed by atoms with Gasteiger partial charge in [0.05, 0.1) is 0 Å². The molecule has 1 aliphatic carbocycles. The first-order valence-electron chi connectivity index (χ1n) is 6.04. The summed E-state index contributed by atoms with van der Waals surface area (Å²) >= 11 is 0. The van der Waals surface area contributed by atoms with Crippen molar-refractivity contribution in [3.8, 4) is 5.75 Å². The highest BCUT2D eigenvalue weighted by Crippen LogP contribution is 2.28. The van der Waals surface area contributed by atoms with E-state index < -0.39 is 0 Å². The Balaban J connectivity index is 2.03. The van der Waals surface area contributed by atoms with E-state index in [9.17, 15) is 5.11 Å². The van der Waals surface area contributed by atoms with Crippen LogP contribution in [0.25, 0.3) is 0 Å². The number of aryl methyl sites for hydroxylation is 1. The Hall–Kier alpha value is -0.980. The maximum absolute atomic E-state index is 9.34. The summed E-state index contributed by atoms with van der Waals surface area (Å²) in [5.41, 5.74) is 2.65. The van der Waals surface area contributed by atoms with E-state index in [1.165, 1.54) is 49.7 Å². The lowest BCUT2D eigenvalue weighted by atomic mass is 9.84. The fraction of sp³-hybridized carbons (Fsp3) is 0.571. The number of phenols is 1. The van der Waals surface area contributed by atoms with Crippen LogP contribution in [0.15, 0.2) is 18.2 Å². The van der Waals surface area contributed by atoms with Gasteiger partial charge in [0.2, 0.25) is 0 Å². The molecule has 82 valence electrons. The van der Waals surface area contributed by atoms with Gasteiger partial charge in [-0.05, 0) is 42.5 Å². The minimum absolute atomic E-state index is 0.389. The molecule has 0 saturated heterocycles. The smallest absolute Gasteiger partial charge is 0.115 e. The van der Waals surface area contributed by atoms with Gasteiger partial charge in [0, 0.05) is 0 Å². The van der Waals surface area contributed by atoms with Gasteiger partial charge in [-0.25, -0.2) is 0 Å². The molecule has 15 heavy (non-hydrogen) atoms. The summed E-state index contributed by atoms with van der Waals surface area (Å²) < 4.78 is 0. The SMILES string of the molecule is Cc1cc(O)ccc1CC1CCCCC1. The summed E-state index contributed by atoms with van der Waals surface area (Å²) in [6.45, 7) is 2.10. The minimum atomic E-state index is 0.389. The van der Waals surface area contributed by atoms with Crippen molar-refractivity contribution in [1.29, 1.82) is 0 Å². The third-order valence-corrected chi connectivity index (χ3v) is 3.56. The Morgan fingerprint density at radius 1 is 1.20 bits per heavy atom. The lowest BCUT2D eigenvalue weighted by Gasteiger charge is -2.22. The Morgan fingerprint density at radius 2 is 1.93 bits per heavy atom. The van der Waals surface area contributed by atoms with Crippen LogP contribution in [-0.2, 0) is 6.42 Å². The fourth-order valence-corrected chi connectivity index (χ4v) is 2.61. The average Bonchev–Trinajstić information content (AvgIpc) is 2.24. The van der Waals surface area contributed by atoms with Gasteiger partial charge in [-0.15, -0.1) is 0 Å². The molecule has 0 atom stereocenters. The molecule has 1 saturated carbocycles. The van der Waals surface area contributed by atoms with Crippen LogP contribution in [0.1, 0.15) is 43.2 Å². The third kappa shape index (κ3) is 2.74. The molecule has 1 heteroatoms. The van der Waals surface area contributed by atoms with Crippen LogP contribution in [0.2, 0.25) is 0 Å². The molecule has 1 aromatic rings. The van der Waals surface area contributed by atoms with Gasteiger partial charge in [0.1, 0.15) is 5.75 Å². The molecule has 0 radical (unpaired) electrons. The van der Waals surface area contributed by atoms with Crippen molar-refractivity contribution in [3.63, 3.8) is 0 Å². The zero-order valence-electron chi connectivity index (χ0n) is 9.50. The molecule has 1 aromatic carbocycles. The lowest BCUT2D eigenvalue weighted by molar-refractivity contribution is 0.356. The van der Waals surface area contributed by atoms with E-state index >= 15 is 0 Å². The molecule has 0 heterocycles. The topological polar surface area (TPSA) is 20.2 Å². The van der Waals surface area contributed by atoms with Crippen LogP contribution in [-0.4, -0.2) is 5.11 Å². The second kappa shape index (κ2) is 4.69. The Kier molecular flexibility index (Phi) is 3.30. The molecule has 0 aromatic heterocycles. The lowest BCUT2D eigenvalue weighted by Crippen LogP contribution is -2.09. The van der Waals surface area contributed by atoms with Crippen molar-refractivity contribution < 1.29 is 5.11 Å². The van der Waals surface area contributed by atoms with Crippen molar-refractivity contribution in [2.75, 3.05) is 0 Å². The van der Waals surface area contributed by atoms with Crippen LogP contribution >= 0.6 is 0 Å². The van der Waals surface area contributed by atoms with Crippen molar-refractivity contribution in [1.82, 2.24) is 0 Å². The van der Waals surface area contributed by atoms with Crippen LogP contribution in [0.5, 0.6) is 5.75 Å². The fourth-order valence-electron chi connectivity index (χ4n) is 2.61. The molecule has 1 nitrogen and oxygen atoms in total. The maximum Gasteiger partial charge on any atom is 0.115 e. The van der Waals surface area contributed by atoms with Crippen molar-refractivity contribution in [2.24, 2.45) is 5.92 Å². The zero-order valence-corrected chi connectivity index (χ0v) is 9.50. The van der Waals surface area contributed by atoms with Gasteiger partial charge in [-0.2, -0.15) is 0 Å². The molecule has 1 fully saturated rings. The van der Waals surface area contributed by atoms with Gasteiger partial charge in [-0.3, -0.25) is 0 Å². The highest BCUT2D eigenvalue weighted by Gasteiger charge is 2.14. The van der Waals surface area contributed by atoms with Crippen LogP contribution in [0.3, 0.4) is 0 Å². The number of phenolic OH excluding ortho intramolecular Hbond substituents is 1. The Labute approximate surface area is 92.1 Å². The highest BCUT2D eigenvalue weighted by molar-refractivity contribution is 5.34. The van der Waals surface area contributed by atoms with Crippen molar-refractivity contribution in [3.05, 3.63) is 29.3 Å². The Bertz CT molecular complexity index is 324. The van der Waals surface area contributed by atoms with E-state index in [0.29, 0.717) is 5.75 Å². The van der Waals surface area contributed by atoms with Crippen LogP contribution < -0.4 is 0 Å². The van der Waals surface area contributed by atoms with Gasteiger partial charge >= 0.3 is 0 Å². The second-order valence-electron chi connectivity index (χ2n) is 4.82. The molecule has 0 bridgehead atoms. The molecule has 2 rings (SSSR count). The monoisotopic (exact) mass is 204 g/mol. The number of benzene rings is 1. The van der Waals surface area contributed by atoms with Gasteiger partial charge in [0.25, 0.3) is 0 Å². The Morgan fingerprint density at radius 3 is 2.60 bits per heavy atom. The van der Waals surface area contributed by atoms with E-state index in [1.807, 2.05) is 12.1 Å². The summed E-state index contributed by atoms with van der Waals surface area (Å²) in [5.74, 6) is 1.27. The molecular weight excluding hydrogens is 184 g/mol. The maximum atomic E-state index is 9.34. The minimum Gasteiger partial charge on any atom is -0.508 e. The molecule has 0 aliphatic heterocycles. The summed E-state index contributed by atoms with van der Waals surface area (Å²) in [4.78, 5) is 0. The van der Waals surface area contributed by atoms with E-state index in [-0.39, 0.29) is 0 Å². The molecular formula is C14H20O. The molecule has 0 amide bonds. The van der Waals surface area contributed by atoms with Crippen molar-refractivity contribution in [2.45, 2.75) is 45.4 Å². The average molecular weight is 204 g/mol. The highest BCUT2D eigenvalue weighted by atomic mass is 16.3. The molecule has 0 spiro atoms. The second-order valence-corrected chi connectivity index (χ2v) is 4.82. The predicted octanol–water partition coefficient (Wildman–Crippen LogP) is 3.82. The summed E-state index contributed by atoms with van der Waals surface area (Å²) in [5, 5.41) is 9.34. The predicted molar refractivity (Wildman–Crippen MR) is 63.1 cm³/mol. The van der Waals surface area contributed by atoms with E-state index in [1.54, 1.807) is 0 Å². The molecule has 1 N–H and O–H groups in total. The quantitative estimate of drug-likeness (QED) is 0.776. The summed E-state index contributed by atoms with van der Waals surface area (Å²) in [6.07, 6.45) is 8.21. The normalized spacial score (nSPS) is 17.9. The summed E-state index contributed by atoms with van der Waals surface area (Å²) in [6, 6.07) is 5.77. The van der Waals surface area contributed by atoms with Crippen molar-refractivity contribution >= 4 is 0 Å². The summed E-state index contributed by atoms with van der Waals surface area (Å²) in [7, 11) is 0.